The van der Waals surface area contributed by atoms with Crippen LogP contribution in [0.3, 0.4) is 0 Å². The average Bonchev–Trinajstić information content (AvgIpc) is 2.09. The molecule has 0 bridgehead atoms. The molecule has 13 heavy (non-hydrogen) atoms. The van der Waals surface area contributed by atoms with Crippen LogP contribution in [-0.4, -0.2) is 34.8 Å². The number of imide groups is 1. The van der Waals surface area contributed by atoms with E-state index in [0.29, 0.717) is 6.54 Å². The van der Waals surface area contributed by atoms with E-state index in [1.807, 2.05) is 0 Å². The monoisotopic (exact) mass is 248 g/mol. The van der Waals surface area contributed by atoms with Crippen molar-refractivity contribution >= 4 is 27.9 Å². The second kappa shape index (κ2) is 4.60. The summed E-state index contributed by atoms with van der Waals surface area (Å²) in [5.74, 6) is -0.238. The number of halogens is 1. The Morgan fingerprint density at radius 1 is 1.62 bits per heavy atom. The number of amides is 3. The zero-order valence-electron chi connectivity index (χ0n) is 7.55. The Hall–Kier alpha value is -0.580. The molecule has 0 aromatic carbocycles. The zero-order valence-corrected chi connectivity index (χ0v) is 9.13. The van der Waals surface area contributed by atoms with Crippen LogP contribution >= 0.6 is 15.9 Å². The molecule has 3 amide bonds. The molecule has 1 rings (SSSR count). The Morgan fingerprint density at radius 2 is 2.31 bits per heavy atom. The second-order valence-electron chi connectivity index (χ2n) is 3.06. The summed E-state index contributed by atoms with van der Waals surface area (Å²) in [5.41, 5.74) is 0. The van der Waals surface area contributed by atoms with Gasteiger partial charge in [-0.25, -0.2) is 4.79 Å². The fourth-order valence-electron chi connectivity index (χ4n) is 1.16. The number of hydrogen-bond acceptors (Lipinski definition) is 2. The van der Waals surface area contributed by atoms with Gasteiger partial charge < -0.3 is 4.90 Å². The molecule has 1 aliphatic rings. The van der Waals surface area contributed by atoms with E-state index in [4.69, 9.17) is 0 Å². The summed E-state index contributed by atoms with van der Waals surface area (Å²) in [5, 5.41) is 2.29. The fraction of sp³-hybridized carbons (Fsp3) is 0.750. The Balaban J connectivity index is 2.46. The van der Waals surface area contributed by atoms with Crippen molar-refractivity contribution in [2.45, 2.75) is 24.6 Å². The topological polar surface area (TPSA) is 49.4 Å². The van der Waals surface area contributed by atoms with Crippen LogP contribution in [0.4, 0.5) is 4.79 Å². The van der Waals surface area contributed by atoms with Crippen molar-refractivity contribution in [3.63, 3.8) is 0 Å². The third-order valence-corrected chi connectivity index (χ3v) is 2.67. The Morgan fingerprint density at radius 3 is 2.92 bits per heavy atom. The molecule has 1 fully saturated rings. The lowest BCUT2D eigenvalue weighted by Gasteiger charge is -2.29. The van der Waals surface area contributed by atoms with Crippen LogP contribution in [-0.2, 0) is 4.79 Å². The number of urea groups is 1. The third-order valence-electron chi connectivity index (χ3n) is 1.96. The van der Waals surface area contributed by atoms with Crippen LogP contribution in [0.1, 0.15) is 19.8 Å². The van der Waals surface area contributed by atoms with Gasteiger partial charge in [0.1, 0.15) is 4.83 Å². The molecule has 0 aliphatic carbocycles. The third kappa shape index (κ3) is 2.69. The molecule has 0 radical (unpaired) electrons. The van der Waals surface area contributed by atoms with Crippen molar-refractivity contribution < 1.29 is 9.59 Å². The van der Waals surface area contributed by atoms with Crippen LogP contribution < -0.4 is 5.32 Å². The minimum absolute atomic E-state index is 0.238. The van der Waals surface area contributed by atoms with Gasteiger partial charge in [0.15, 0.2) is 0 Å². The predicted molar refractivity (Wildman–Crippen MR) is 52.7 cm³/mol. The second-order valence-corrected chi connectivity index (χ2v) is 4.17. The molecule has 5 heteroatoms. The van der Waals surface area contributed by atoms with E-state index >= 15 is 0 Å². The molecule has 4 nitrogen and oxygen atoms in total. The molecule has 1 heterocycles. The van der Waals surface area contributed by atoms with Gasteiger partial charge in [-0.1, -0.05) is 29.3 Å². The number of nitrogens with one attached hydrogen (secondary N) is 1. The molecular weight excluding hydrogens is 236 g/mol. The number of unbranched alkanes of at least 4 members (excludes halogenated alkanes) is 1. The van der Waals surface area contributed by atoms with Crippen molar-refractivity contribution in [2.75, 3.05) is 13.1 Å². The normalized spacial score (nSPS) is 23.2. The number of carbonyl (C=O) groups excluding carboxylic acids is 2. The predicted octanol–water partition coefficient (Wildman–Crippen LogP) is 1.10. The molecule has 0 unspecified atom stereocenters. The van der Waals surface area contributed by atoms with Crippen molar-refractivity contribution in [2.24, 2.45) is 0 Å². The first-order chi connectivity index (χ1) is 6.15. The summed E-state index contributed by atoms with van der Waals surface area (Å²) < 4.78 is 0. The van der Waals surface area contributed by atoms with Gasteiger partial charge in [0.2, 0.25) is 5.91 Å². The van der Waals surface area contributed by atoms with Crippen LogP contribution in [0.2, 0.25) is 0 Å². The first-order valence-electron chi connectivity index (χ1n) is 4.39. The van der Waals surface area contributed by atoms with E-state index < -0.39 is 0 Å². The van der Waals surface area contributed by atoms with Crippen LogP contribution in [0.25, 0.3) is 0 Å². The maximum atomic E-state index is 11.2. The minimum atomic E-state index is -0.269. The molecule has 1 atom stereocenters. The maximum Gasteiger partial charge on any atom is 0.324 e. The number of carbonyl (C=O) groups is 2. The van der Waals surface area contributed by atoms with Gasteiger partial charge >= 0.3 is 6.03 Å². The van der Waals surface area contributed by atoms with E-state index in [1.54, 1.807) is 4.90 Å². The number of rotatable bonds is 3. The smallest absolute Gasteiger partial charge is 0.323 e. The molecule has 0 aromatic heterocycles. The Bertz CT molecular complexity index is 220. The highest BCUT2D eigenvalue weighted by Gasteiger charge is 2.29. The molecule has 74 valence electrons. The Labute approximate surface area is 85.8 Å². The highest BCUT2D eigenvalue weighted by Crippen LogP contribution is 2.09. The lowest BCUT2D eigenvalue weighted by Crippen LogP contribution is -2.55. The fourth-order valence-corrected chi connectivity index (χ4v) is 1.63. The molecular formula is C8H13BrN2O2. The van der Waals surface area contributed by atoms with Crippen molar-refractivity contribution in [3.8, 4) is 0 Å². The summed E-state index contributed by atoms with van der Waals surface area (Å²) in [4.78, 5) is 23.6. The van der Waals surface area contributed by atoms with Crippen LogP contribution in [0.15, 0.2) is 0 Å². The number of hydrogen-bond donors (Lipinski definition) is 1. The standard InChI is InChI=1S/C8H13BrN2O2/c1-2-3-4-11-5-6(9)7(12)10-8(11)13/h6H,2-5H2,1H3,(H,10,12,13)/t6-/m0/s1. The minimum Gasteiger partial charge on any atom is -0.323 e. The summed E-state index contributed by atoms with van der Waals surface area (Å²) in [7, 11) is 0. The molecule has 0 aromatic rings. The van der Waals surface area contributed by atoms with E-state index in [-0.39, 0.29) is 16.8 Å². The van der Waals surface area contributed by atoms with E-state index in [9.17, 15) is 9.59 Å². The Kier molecular flexibility index (Phi) is 3.71. The van der Waals surface area contributed by atoms with Crippen LogP contribution in [0, 0.1) is 0 Å². The van der Waals surface area contributed by atoms with Gasteiger partial charge in [0.25, 0.3) is 0 Å². The summed E-state index contributed by atoms with van der Waals surface area (Å²) in [6, 6.07) is -0.269. The highest BCUT2D eigenvalue weighted by atomic mass is 79.9. The zero-order chi connectivity index (χ0) is 9.84. The molecule has 0 saturated carbocycles. The van der Waals surface area contributed by atoms with Gasteiger partial charge in [-0.3, -0.25) is 10.1 Å². The van der Waals surface area contributed by atoms with E-state index in [0.717, 1.165) is 19.4 Å². The summed E-state index contributed by atoms with van der Waals surface area (Å²) in [6.45, 7) is 3.26. The molecule has 1 N–H and O–H groups in total. The van der Waals surface area contributed by atoms with Crippen LogP contribution in [0.5, 0.6) is 0 Å². The van der Waals surface area contributed by atoms with E-state index in [2.05, 4.69) is 28.2 Å². The first-order valence-corrected chi connectivity index (χ1v) is 5.30. The van der Waals surface area contributed by atoms with Gasteiger partial charge in [-0.15, -0.1) is 0 Å². The van der Waals surface area contributed by atoms with Gasteiger partial charge in [0.05, 0.1) is 0 Å². The number of nitrogens with zero attached hydrogens (tertiary/aromatic N) is 1. The summed E-state index contributed by atoms with van der Waals surface area (Å²) in [6.07, 6.45) is 2.02. The largest absolute Gasteiger partial charge is 0.324 e. The average molecular weight is 249 g/mol. The highest BCUT2D eigenvalue weighted by molar-refractivity contribution is 9.10. The molecule has 0 spiro atoms. The number of alkyl halides is 1. The van der Waals surface area contributed by atoms with Gasteiger partial charge in [-0.2, -0.15) is 0 Å². The SMILES string of the molecule is CCCCN1C[C@H](Br)C(=O)NC1=O. The summed E-state index contributed by atoms with van der Waals surface area (Å²) >= 11 is 3.21. The quantitative estimate of drug-likeness (QED) is 0.761. The van der Waals surface area contributed by atoms with Crippen molar-refractivity contribution in [3.05, 3.63) is 0 Å². The first kappa shape index (κ1) is 10.5. The van der Waals surface area contributed by atoms with Gasteiger partial charge in [-0.05, 0) is 6.42 Å². The van der Waals surface area contributed by atoms with Gasteiger partial charge in [0, 0.05) is 13.1 Å². The molecule has 1 aliphatic heterocycles. The van der Waals surface area contributed by atoms with Crippen molar-refractivity contribution in [1.82, 2.24) is 10.2 Å². The van der Waals surface area contributed by atoms with Crippen molar-refractivity contribution in [1.29, 1.82) is 0 Å². The maximum absolute atomic E-state index is 11.2. The van der Waals surface area contributed by atoms with E-state index in [1.165, 1.54) is 0 Å². The lowest BCUT2D eigenvalue weighted by molar-refractivity contribution is -0.120. The molecule has 1 saturated heterocycles. The lowest BCUT2D eigenvalue weighted by atomic mass is 10.2.